The molecule has 0 spiro atoms. The Labute approximate surface area is 311 Å². The highest BCUT2D eigenvalue weighted by atomic mass is 16.6. The minimum absolute atomic E-state index is 0.0947. The number of imidazole rings is 1. The van der Waals surface area contributed by atoms with E-state index >= 15 is 0 Å². The number of ether oxygens (including phenoxy) is 2. The topological polar surface area (TPSA) is 185 Å². The van der Waals surface area contributed by atoms with E-state index in [1.807, 2.05) is 42.5 Å². The van der Waals surface area contributed by atoms with Crippen LogP contribution >= 0.6 is 0 Å². The van der Waals surface area contributed by atoms with Gasteiger partial charge in [-0.2, -0.15) is 0 Å². The van der Waals surface area contributed by atoms with Gasteiger partial charge in [-0.3, -0.25) is 14.2 Å². The number of para-hydroxylation sites is 1. The van der Waals surface area contributed by atoms with Crippen molar-refractivity contribution < 1.29 is 29.3 Å². The number of hydrogen-bond donors (Lipinski definition) is 6. The molecule has 14 nitrogen and oxygen atoms in total. The first-order valence-electron chi connectivity index (χ1n) is 17.8. The van der Waals surface area contributed by atoms with Crippen LogP contribution in [0.15, 0.2) is 97.6 Å². The lowest BCUT2D eigenvalue weighted by atomic mass is 10.0. The minimum Gasteiger partial charge on any atom is -0.496 e. The summed E-state index contributed by atoms with van der Waals surface area (Å²) in [4.78, 5) is 39.0. The number of anilines is 3. The van der Waals surface area contributed by atoms with Crippen molar-refractivity contribution in [2.75, 3.05) is 36.1 Å². The normalized spacial score (nSPS) is 18.1. The van der Waals surface area contributed by atoms with Crippen LogP contribution in [-0.4, -0.2) is 80.1 Å². The van der Waals surface area contributed by atoms with Crippen LogP contribution in [0.5, 0.6) is 5.75 Å². The van der Waals surface area contributed by atoms with Gasteiger partial charge in [0.25, 0.3) is 5.91 Å². The summed E-state index contributed by atoms with van der Waals surface area (Å²) in [6, 6.07) is 27.0. The molecule has 6 aromatic rings. The second-order valence-electron chi connectivity index (χ2n) is 12.9. The SMILES string of the molecule is CCC(=O)Nc1cc(C(=O)NC[C@H]2O[C@@H](n3cnc4c(NCc5cccc6ccccc56)ncnc43)[C@H](O)[C@@H]2O)ccc1NCCc1ccccc1OC. The van der Waals surface area contributed by atoms with Gasteiger partial charge in [0.05, 0.1) is 24.8 Å². The van der Waals surface area contributed by atoms with Crippen LogP contribution in [0.4, 0.5) is 17.2 Å². The first kappa shape index (κ1) is 36.3. The summed E-state index contributed by atoms with van der Waals surface area (Å²) < 4.78 is 13.1. The lowest BCUT2D eigenvalue weighted by Crippen LogP contribution is -2.39. The standard InChI is InChI=1S/C40H42N8O6/c1-3-33(49)47-30-19-26(15-16-29(30)41-18-17-25-10-5-7-14-31(25)53-2)39(52)43-21-32-35(50)36(51)40(54-32)48-23-46-34-37(44-22-45-38(34)48)42-20-27-12-8-11-24-9-4-6-13-28(24)27/h4-16,19,22-23,32,35-36,40-41,50-51H,3,17-18,20-21H2,1-2H3,(H,43,52)(H,47,49)(H,42,44,45)/t32-,35-,36-,40-/m1/s1. The van der Waals surface area contributed by atoms with Crippen LogP contribution in [0, 0.1) is 0 Å². The first-order chi connectivity index (χ1) is 26.3. The predicted octanol–water partition coefficient (Wildman–Crippen LogP) is 4.65. The Morgan fingerprint density at radius 2 is 1.69 bits per heavy atom. The number of carbonyl (C=O) groups is 2. The zero-order valence-electron chi connectivity index (χ0n) is 29.9. The van der Waals surface area contributed by atoms with Crippen LogP contribution in [-0.2, 0) is 22.5 Å². The van der Waals surface area contributed by atoms with E-state index in [0.717, 1.165) is 27.6 Å². The maximum absolute atomic E-state index is 13.3. The summed E-state index contributed by atoms with van der Waals surface area (Å²) in [5, 5.41) is 36.7. The summed E-state index contributed by atoms with van der Waals surface area (Å²) in [6.07, 6.45) is -0.774. The average molecular weight is 731 g/mol. The zero-order valence-corrected chi connectivity index (χ0v) is 29.9. The molecule has 3 heterocycles. The maximum Gasteiger partial charge on any atom is 0.251 e. The van der Waals surface area contributed by atoms with Crippen molar-refractivity contribution in [3.63, 3.8) is 0 Å². The number of hydrogen-bond acceptors (Lipinski definition) is 11. The van der Waals surface area contributed by atoms with Crippen molar-refractivity contribution >= 4 is 50.9 Å². The van der Waals surface area contributed by atoms with Crippen molar-refractivity contribution in [2.45, 2.75) is 50.8 Å². The monoisotopic (exact) mass is 730 g/mol. The van der Waals surface area contributed by atoms with Gasteiger partial charge in [0.1, 0.15) is 30.4 Å². The van der Waals surface area contributed by atoms with E-state index in [1.165, 1.54) is 12.7 Å². The second kappa shape index (κ2) is 16.3. The highest BCUT2D eigenvalue weighted by Crippen LogP contribution is 2.33. The molecule has 278 valence electrons. The molecule has 0 radical (unpaired) electrons. The van der Waals surface area contributed by atoms with Gasteiger partial charge >= 0.3 is 0 Å². The Morgan fingerprint density at radius 3 is 2.54 bits per heavy atom. The smallest absolute Gasteiger partial charge is 0.251 e. The Morgan fingerprint density at radius 1 is 0.889 bits per heavy atom. The van der Waals surface area contributed by atoms with Crippen molar-refractivity contribution in [3.8, 4) is 5.75 Å². The van der Waals surface area contributed by atoms with Gasteiger partial charge < -0.3 is 41.0 Å². The molecular weight excluding hydrogens is 688 g/mol. The van der Waals surface area contributed by atoms with Crippen LogP contribution in [0.2, 0.25) is 0 Å². The van der Waals surface area contributed by atoms with E-state index in [4.69, 9.17) is 9.47 Å². The Balaban J connectivity index is 1.00. The molecule has 0 aliphatic carbocycles. The van der Waals surface area contributed by atoms with E-state index in [1.54, 1.807) is 36.8 Å². The number of nitrogens with zero attached hydrogens (tertiary/aromatic N) is 4. The summed E-state index contributed by atoms with van der Waals surface area (Å²) in [5.74, 6) is 0.658. The highest BCUT2D eigenvalue weighted by Gasteiger charge is 2.44. The number of aliphatic hydroxyl groups is 2. The van der Waals surface area contributed by atoms with Crippen molar-refractivity contribution in [1.82, 2.24) is 24.8 Å². The molecule has 0 bridgehead atoms. The molecule has 14 heteroatoms. The summed E-state index contributed by atoms with van der Waals surface area (Å²) in [6.45, 7) is 2.71. The predicted molar refractivity (Wildman–Crippen MR) is 205 cm³/mol. The first-order valence-corrected chi connectivity index (χ1v) is 17.8. The van der Waals surface area contributed by atoms with Gasteiger partial charge in [0.2, 0.25) is 5.91 Å². The number of aromatic nitrogens is 4. The second-order valence-corrected chi connectivity index (χ2v) is 12.9. The van der Waals surface area contributed by atoms with Crippen molar-refractivity contribution in [1.29, 1.82) is 0 Å². The number of carbonyl (C=O) groups excluding carboxylic acids is 2. The quantitative estimate of drug-likeness (QED) is 0.0917. The van der Waals surface area contributed by atoms with Crippen LogP contribution < -0.4 is 26.0 Å². The number of benzene rings is 4. The molecule has 0 unspecified atom stereocenters. The number of rotatable bonds is 14. The number of aliphatic hydroxyl groups excluding tert-OH is 2. The fraction of sp³-hybridized carbons (Fsp3) is 0.275. The molecule has 0 saturated carbocycles. The van der Waals surface area contributed by atoms with E-state index in [9.17, 15) is 19.8 Å². The molecular formula is C40H42N8O6. The van der Waals surface area contributed by atoms with Crippen LogP contribution in [0.3, 0.4) is 0 Å². The molecule has 2 amide bonds. The molecule has 4 atom stereocenters. The number of nitrogens with one attached hydrogen (secondary N) is 4. The number of amides is 2. The third kappa shape index (κ3) is 7.67. The van der Waals surface area contributed by atoms with Gasteiger partial charge in [-0.25, -0.2) is 15.0 Å². The van der Waals surface area contributed by atoms with Gasteiger partial charge in [0, 0.05) is 31.6 Å². The molecule has 6 N–H and O–H groups in total. The van der Waals surface area contributed by atoms with E-state index < -0.39 is 30.4 Å². The number of methoxy groups -OCH3 is 1. The zero-order chi connectivity index (χ0) is 37.6. The van der Waals surface area contributed by atoms with Gasteiger partial charge in [-0.05, 0) is 52.6 Å². The number of fused-ring (bicyclic) bond motifs is 2. The van der Waals surface area contributed by atoms with E-state index in [0.29, 0.717) is 53.4 Å². The lowest BCUT2D eigenvalue weighted by Gasteiger charge is -2.17. The summed E-state index contributed by atoms with van der Waals surface area (Å²) in [5.41, 5.74) is 4.43. The summed E-state index contributed by atoms with van der Waals surface area (Å²) in [7, 11) is 1.63. The van der Waals surface area contributed by atoms with Gasteiger partial charge in [0.15, 0.2) is 23.2 Å². The van der Waals surface area contributed by atoms with Crippen molar-refractivity contribution in [2.24, 2.45) is 0 Å². The Bertz CT molecular complexity index is 2270. The van der Waals surface area contributed by atoms with Crippen LogP contribution in [0.25, 0.3) is 21.9 Å². The fourth-order valence-electron chi connectivity index (χ4n) is 6.64. The Hall–Kier alpha value is -6.09. The Kier molecular flexibility index (Phi) is 10.9. The molecule has 1 aliphatic heterocycles. The molecule has 1 saturated heterocycles. The lowest BCUT2D eigenvalue weighted by molar-refractivity contribution is -0.115. The van der Waals surface area contributed by atoms with E-state index in [2.05, 4.69) is 60.5 Å². The molecule has 7 rings (SSSR count). The van der Waals surface area contributed by atoms with Gasteiger partial charge in [-0.15, -0.1) is 0 Å². The largest absolute Gasteiger partial charge is 0.496 e. The van der Waals surface area contributed by atoms with Gasteiger partial charge in [-0.1, -0.05) is 67.6 Å². The molecule has 1 aliphatic rings. The molecule has 4 aromatic carbocycles. The molecule has 54 heavy (non-hydrogen) atoms. The summed E-state index contributed by atoms with van der Waals surface area (Å²) >= 11 is 0. The third-order valence-electron chi connectivity index (χ3n) is 9.54. The van der Waals surface area contributed by atoms with Crippen LogP contribution in [0.1, 0.15) is 41.1 Å². The van der Waals surface area contributed by atoms with E-state index in [-0.39, 0.29) is 18.9 Å². The third-order valence-corrected chi connectivity index (χ3v) is 9.54. The maximum atomic E-state index is 13.3. The average Bonchev–Trinajstić information content (AvgIpc) is 3.76. The van der Waals surface area contributed by atoms with Crippen molar-refractivity contribution in [3.05, 3.63) is 114 Å². The molecule has 1 fully saturated rings. The molecule has 2 aromatic heterocycles. The fourth-order valence-corrected chi connectivity index (χ4v) is 6.64. The highest BCUT2D eigenvalue weighted by molar-refractivity contribution is 5.99. The minimum atomic E-state index is -1.33.